The lowest BCUT2D eigenvalue weighted by Gasteiger charge is -2.32. The Bertz CT molecular complexity index is 1180. The lowest BCUT2D eigenvalue weighted by atomic mass is 10.0. The molecule has 0 aromatic carbocycles. The number of hydrogen-bond acceptors (Lipinski definition) is 6. The highest BCUT2D eigenvalue weighted by Crippen LogP contribution is 2.37. The molecule has 176 valence electrons. The van der Waals surface area contributed by atoms with Crippen molar-refractivity contribution in [3.8, 4) is 0 Å². The van der Waals surface area contributed by atoms with Crippen molar-refractivity contribution in [1.29, 1.82) is 0 Å². The van der Waals surface area contributed by atoms with Crippen LogP contribution in [0.4, 0.5) is 10.2 Å². The number of rotatable bonds is 5. The van der Waals surface area contributed by atoms with E-state index in [-0.39, 0.29) is 22.8 Å². The van der Waals surface area contributed by atoms with E-state index in [4.69, 9.17) is 11.6 Å². The van der Waals surface area contributed by atoms with E-state index in [1.807, 2.05) is 4.90 Å². The average molecular weight is 476 g/mol. The van der Waals surface area contributed by atoms with Crippen LogP contribution in [-0.4, -0.2) is 71.3 Å². The van der Waals surface area contributed by atoms with Crippen LogP contribution in [0, 0.1) is 5.82 Å². The number of pyridine rings is 2. The molecule has 1 aliphatic carbocycles. The lowest BCUT2D eigenvalue weighted by molar-refractivity contribution is 0.0695. The number of hydrogen-bond donors (Lipinski definition) is 2. The number of carboxylic acids is 1. The van der Waals surface area contributed by atoms with E-state index < -0.39 is 17.2 Å². The van der Waals surface area contributed by atoms with Gasteiger partial charge in [-0.05, 0) is 31.7 Å². The number of carboxylic acid groups (broad SMARTS) is 1. The highest BCUT2D eigenvalue weighted by Gasteiger charge is 2.29. The molecule has 8 nitrogen and oxygen atoms in total. The van der Waals surface area contributed by atoms with Crippen molar-refractivity contribution < 1.29 is 14.3 Å². The summed E-state index contributed by atoms with van der Waals surface area (Å²) in [5, 5.41) is 13.6. The van der Waals surface area contributed by atoms with Crippen LogP contribution in [0.25, 0.3) is 11.0 Å². The number of fused-ring (bicyclic) bond motifs is 1. The van der Waals surface area contributed by atoms with Gasteiger partial charge in [-0.25, -0.2) is 14.2 Å². The summed E-state index contributed by atoms with van der Waals surface area (Å²) in [6, 6.07) is 1.24. The summed E-state index contributed by atoms with van der Waals surface area (Å²) in [6.07, 6.45) is 4.59. The van der Waals surface area contributed by atoms with Crippen LogP contribution in [0.3, 0.4) is 0 Å². The van der Waals surface area contributed by atoms with Crippen LogP contribution in [0.5, 0.6) is 0 Å². The van der Waals surface area contributed by atoms with Crippen molar-refractivity contribution in [1.82, 2.24) is 19.8 Å². The first-order valence-electron chi connectivity index (χ1n) is 11.5. The van der Waals surface area contributed by atoms with E-state index in [2.05, 4.69) is 15.2 Å². The fraction of sp³-hybridized carbons (Fsp3) is 0.522. The monoisotopic (exact) mass is 475 g/mol. The highest BCUT2D eigenvalue weighted by molar-refractivity contribution is 6.30. The highest BCUT2D eigenvalue weighted by atomic mass is 35.5. The van der Waals surface area contributed by atoms with E-state index in [1.165, 1.54) is 11.8 Å². The topological polar surface area (TPSA) is 90.7 Å². The number of anilines is 1. The number of piperidine rings is 1. The fourth-order valence-corrected chi connectivity index (χ4v) is 5.04. The molecule has 10 heteroatoms. The van der Waals surface area contributed by atoms with Gasteiger partial charge in [0.25, 0.3) is 0 Å². The van der Waals surface area contributed by atoms with E-state index in [9.17, 15) is 14.7 Å². The van der Waals surface area contributed by atoms with Gasteiger partial charge in [0.05, 0.1) is 5.39 Å². The van der Waals surface area contributed by atoms with E-state index in [0.717, 1.165) is 69.5 Å². The molecule has 2 N–H and O–H groups in total. The normalized spacial score (nSPS) is 19.8. The molecule has 0 amide bonds. The molecule has 2 aromatic rings. The Labute approximate surface area is 195 Å². The molecule has 2 aliphatic heterocycles. The molecular formula is C23H27ClFN5O3. The first-order valence-corrected chi connectivity index (χ1v) is 11.8. The molecule has 0 radical (unpaired) electrons. The Kier molecular flexibility index (Phi) is 6.11. The van der Waals surface area contributed by atoms with Gasteiger partial charge in [-0.15, -0.1) is 0 Å². The third kappa shape index (κ3) is 4.49. The number of nitrogens with zero attached hydrogens (tertiary/aromatic N) is 4. The van der Waals surface area contributed by atoms with E-state index in [0.29, 0.717) is 18.7 Å². The second kappa shape index (κ2) is 9.04. The van der Waals surface area contributed by atoms with Gasteiger partial charge in [-0.1, -0.05) is 17.2 Å². The molecule has 0 spiro atoms. The number of piperazine rings is 1. The van der Waals surface area contributed by atoms with Gasteiger partial charge in [-0.2, -0.15) is 0 Å². The first-order chi connectivity index (χ1) is 15.9. The molecule has 2 aromatic heterocycles. The van der Waals surface area contributed by atoms with Gasteiger partial charge in [0.1, 0.15) is 11.2 Å². The summed E-state index contributed by atoms with van der Waals surface area (Å²) < 4.78 is 16.8. The molecule has 3 fully saturated rings. The van der Waals surface area contributed by atoms with Gasteiger partial charge in [0.15, 0.2) is 11.6 Å². The predicted octanol–water partition coefficient (Wildman–Crippen LogP) is 2.57. The zero-order chi connectivity index (χ0) is 23.1. The molecule has 3 aliphatic rings. The Morgan fingerprint density at radius 3 is 2.55 bits per heavy atom. The Balaban J connectivity index is 1.40. The number of halogens is 2. The Morgan fingerprint density at radius 2 is 1.91 bits per heavy atom. The quantitative estimate of drug-likeness (QED) is 0.686. The maximum Gasteiger partial charge on any atom is 0.341 e. The molecule has 2 saturated heterocycles. The van der Waals surface area contributed by atoms with Crippen molar-refractivity contribution in [2.24, 2.45) is 0 Å². The summed E-state index contributed by atoms with van der Waals surface area (Å²) in [5.74, 6) is -1.71. The van der Waals surface area contributed by atoms with Gasteiger partial charge in [0.2, 0.25) is 5.43 Å². The Hall–Kier alpha value is -2.49. The van der Waals surface area contributed by atoms with E-state index >= 15 is 4.39 Å². The second-order valence-corrected chi connectivity index (χ2v) is 9.46. The minimum atomic E-state index is -1.31. The van der Waals surface area contributed by atoms with Crippen molar-refractivity contribution in [3.63, 3.8) is 0 Å². The van der Waals surface area contributed by atoms with Crippen LogP contribution >= 0.6 is 11.6 Å². The van der Waals surface area contributed by atoms with Crippen LogP contribution in [-0.2, 0) is 0 Å². The molecule has 1 saturated carbocycles. The molecule has 0 atom stereocenters. The molecule has 33 heavy (non-hydrogen) atoms. The third-order valence-corrected chi connectivity index (χ3v) is 7.12. The zero-order valence-corrected chi connectivity index (χ0v) is 19.1. The van der Waals surface area contributed by atoms with Crippen LogP contribution in [0.1, 0.15) is 42.1 Å². The van der Waals surface area contributed by atoms with Crippen molar-refractivity contribution in [3.05, 3.63) is 44.5 Å². The summed E-state index contributed by atoms with van der Waals surface area (Å²) in [7, 11) is 0. The summed E-state index contributed by atoms with van der Waals surface area (Å²) >= 11 is 6.64. The number of aromatic nitrogens is 2. The van der Waals surface area contributed by atoms with Gasteiger partial charge < -0.3 is 19.9 Å². The molecule has 0 bridgehead atoms. The van der Waals surface area contributed by atoms with E-state index in [1.54, 1.807) is 4.57 Å². The SMILES string of the molecule is O=C(O)c1cn(C2CC2)c2nc(N3CCC(=C(Cl)CN4CCNCC4)CC3)c(F)cc2c1=O. The fourth-order valence-electron chi connectivity index (χ4n) is 4.68. The van der Waals surface area contributed by atoms with Crippen LogP contribution in [0.2, 0.25) is 0 Å². The minimum Gasteiger partial charge on any atom is -0.477 e. The lowest BCUT2D eigenvalue weighted by Crippen LogP contribution is -2.44. The molecular weight excluding hydrogens is 449 g/mol. The van der Waals surface area contributed by atoms with Gasteiger partial charge in [0, 0.05) is 63.1 Å². The number of carbonyl (C=O) groups is 1. The van der Waals surface area contributed by atoms with Crippen LogP contribution < -0.4 is 15.6 Å². The molecule has 0 unspecified atom stereocenters. The van der Waals surface area contributed by atoms with Gasteiger partial charge in [-0.3, -0.25) is 9.69 Å². The number of aromatic carboxylic acids is 1. The van der Waals surface area contributed by atoms with Crippen molar-refractivity contribution in [2.75, 3.05) is 50.7 Å². The minimum absolute atomic E-state index is 0.0136. The third-order valence-electron chi connectivity index (χ3n) is 6.73. The largest absolute Gasteiger partial charge is 0.477 e. The standard InChI is InChI=1S/C23H27ClFN5O3/c24-18(13-28-9-5-26-6-10-28)14-3-7-29(8-4-14)22-19(25)11-16-20(31)17(23(32)33)12-30(15-1-2-15)21(16)27-22/h11-12,15,26H,1-10,13H2,(H,32,33). The summed E-state index contributed by atoms with van der Waals surface area (Å²) in [4.78, 5) is 32.9. The smallest absolute Gasteiger partial charge is 0.341 e. The van der Waals surface area contributed by atoms with Gasteiger partial charge >= 0.3 is 5.97 Å². The summed E-state index contributed by atoms with van der Waals surface area (Å²) in [5.41, 5.74) is 0.502. The van der Waals surface area contributed by atoms with Crippen LogP contribution in [0.15, 0.2) is 27.7 Å². The Morgan fingerprint density at radius 1 is 1.21 bits per heavy atom. The number of nitrogens with one attached hydrogen (secondary N) is 1. The average Bonchev–Trinajstić information content (AvgIpc) is 3.65. The van der Waals surface area contributed by atoms with Crippen molar-refractivity contribution >= 4 is 34.4 Å². The van der Waals surface area contributed by atoms with Crippen molar-refractivity contribution in [2.45, 2.75) is 31.7 Å². The molecule has 5 rings (SSSR count). The molecule has 4 heterocycles. The predicted molar refractivity (Wildman–Crippen MR) is 125 cm³/mol. The first kappa shape index (κ1) is 22.3. The summed E-state index contributed by atoms with van der Waals surface area (Å²) in [6.45, 7) is 5.83. The zero-order valence-electron chi connectivity index (χ0n) is 18.3. The maximum absolute atomic E-state index is 15.1. The maximum atomic E-state index is 15.1. The second-order valence-electron chi connectivity index (χ2n) is 9.00.